The highest BCUT2D eigenvalue weighted by Gasteiger charge is 2.04. The zero-order chi connectivity index (χ0) is 8.39. The minimum absolute atomic E-state index is 0.541. The number of hydrogen-bond donors (Lipinski definition) is 0. The summed E-state index contributed by atoms with van der Waals surface area (Å²) in [5, 5.41) is 3.76. The fraction of sp³-hybridized carbons (Fsp3) is 0. The van der Waals surface area contributed by atoms with Crippen LogP contribution in [0.2, 0.25) is 0 Å². The second-order valence-corrected chi connectivity index (χ2v) is 3.03. The normalized spacial score (nSPS) is 10.1. The van der Waals surface area contributed by atoms with E-state index in [-0.39, 0.29) is 0 Å². The molecule has 0 saturated heterocycles. The van der Waals surface area contributed by atoms with Crippen LogP contribution in [0.4, 0.5) is 0 Å². The molecule has 0 saturated carbocycles. The second kappa shape index (κ2) is 3.18. The topological polar surface area (TPSA) is 51.8 Å². The van der Waals surface area contributed by atoms with E-state index in [0.29, 0.717) is 9.72 Å². The monoisotopic (exact) mass is 273 g/mol. The van der Waals surface area contributed by atoms with E-state index in [1.54, 1.807) is 12.4 Å². The van der Waals surface area contributed by atoms with Gasteiger partial charge in [0.1, 0.15) is 0 Å². The van der Waals surface area contributed by atoms with Crippen molar-refractivity contribution in [2.75, 3.05) is 0 Å². The van der Waals surface area contributed by atoms with Crippen LogP contribution in [0.3, 0.4) is 0 Å². The molecule has 0 spiro atoms. The highest BCUT2D eigenvalue weighted by Crippen LogP contribution is 2.14. The molecule has 0 atom stereocenters. The average molecular weight is 273 g/mol. The lowest BCUT2D eigenvalue weighted by Crippen LogP contribution is -1.80. The summed E-state index contributed by atoms with van der Waals surface area (Å²) in [6.07, 6.45) is 3.39. The van der Waals surface area contributed by atoms with Crippen LogP contribution in [-0.2, 0) is 0 Å². The number of rotatable bonds is 1. The van der Waals surface area contributed by atoms with E-state index in [1.165, 1.54) is 0 Å². The molecule has 0 aromatic carbocycles. The Morgan fingerprint density at radius 2 is 2.00 bits per heavy atom. The van der Waals surface area contributed by atoms with Gasteiger partial charge >= 0.3 is 0 Å². The summed E-state index contributed by atoms with van der Waals surface area (Å²) in [5.41, 5.74) is 0.914. The minimum atomic E-state index is 0.541. The first-order valence-electron chi connectivity index (χ1n) is 3.26. The predicted molar refractivity (Wildman–Crippen MR) is 50.2 cm³/mol. The van der Waals surface area contributed by atoms with Gasteiger partial charge in [0.15, 0.2) is 0 Å². The van der Waals surface area contributed by atoms with Crippen molar-refractivity contribution in [2.24, 2.45) is 0 Å². The molecule has 2 aromatic rings. The summed E-state index contributed by atoms with van der Waals surface area (Å²) in [4.78, 5) is 7.95. The molecule has 12 heavy (non-hydrogen) atoms. The number of nitrogens with zero attached hydrogens (tertiary/aromatic N) is 3. The van der Waals surface area contributed by atoms with Crippen LogP contribution in [0.25, 0.3) is 11.4 Å². The fourth-order valence-electron chi connectivity index (χ4n) is 0.823. The second-order valence-electron chi connectivity index (χ2n) is 2.11. The van der Waals surface area contributed by atoms with Crippen LogP contribution < -0.4 is 0 Å². The van der Waals surface area contributed by atoms with Crippen LogP contribution in [0, 0.1) is 3.90 Å². The van der Waals surface area contributed by atoms with Crippen molar-refractivity contribution in [1.29, 1.82) is 0 Å². The SMILES string of the molecule is Ic1nc(-c2ccncc2)no1. The first-order valence-corrected chi connectivity index (χ1v) is 4.34. The van der Waals surface area contributed by atoms with Crippen LogP contribution >= 0.6 is 22.6 Å². The van der Waals surface area contributed by atoms with Crippen molar-refractivity contribution in [2.45, 2.75) is 0 Å². The summed E-state index contributed by atoms with van der Waals surface area (Å²) in [7, 11) is 0. The van der Waals surface area contributed by atoms with Crippen molar-refractivity contribution in [3.63, 3.8) is 0 Å². The smallest absolute Gasteiger partial charge is 0.287 e. The Morgan fingerprint density at radius 3 is 2.58 bits per heavy atom. The summed E-state index contributed by atoms with van der Waals surface area (Å²) in [6, 6.07) is 3.67. The molecule has 2 rings (SSSR count). The standard InChI is InChI=1S/C7H4IN3O/c8-7-10-6(11-12-7)5-1-3-9-4-2-5/h1-4H. The first kappa shape index (κ1) is 7.66. The Balaban J connectivity index is 2.45. The van der Waals surface area contributed by atoms with E-state index >= 15 is 0 Å². The molecule has 5 heteroatoms. The molecule has 0 bridgehead atoms. The molecule has 0 radical (unpaired) electrons. The van der Waals surface area contributed by atoms with Crippen LogP contribution in [0.1, 0.15) is 0 Å². The molecule has 0 fully saturated rings. The van der Waals surface area contributed by atoms with Gasteiger partial charge in [-0.05, 0) is 12.1 Å². The lowest BCUT2D eigenvalue weighted by atomic mass is 10.3. The van der Waals surface area contributed by atoms with E-state index in [2.05, 4.69) is 15.1 Å². The zero-order valence-corrected chi connectivity index (χ0v) is 8.09. The molecule has 0 aliphatic heterocycles. The van der Waals surface area contributed by atoms with E-state index < -0.39 is 0 Å². The van der Waals surface area contributed by atoms with Crippen molar-refractivity contribution in [3.8, 4) is 11.4 Å². The van der Waals surface area contributed by atoms with E-state index in [0.717, 1.165) is 5.56 Å². The maximum Gasteiger partial charge on any atom is 0.287 e. The Kier molecular flexibility index (Phi) is 2.03. The summed E-state index contributed by atoms with van der Waals surface area (Å²) in [6.45, 7) is 0. The number of pyridine rings is 1. The third kappa shape index (κ3) is 1.45. The third-order valence-electron chi connectivity index (χ3n) is 1.34. The molecular formula is C7H4IN3O. The lowest BCUT2D eigenvalue weighted by Gasteiger charge is -1.88. The van der Waals surface area contributed by atoms with Crippen LogP contribution in [0.5, 0.6) is 0 Å². The zero-order valence-electron chi connectivity index (χ0n) is 5.94. The summed E-state index contributed by atoms with van der Waals surface area (Å²) in [5.74, 6) is 0.599. The van der Waals surface area contributed by atoms with Crippen LogP contribution in [0.15, 0.2) is 29.0 Å². The van der Waals surface area contributed by atoms with Crippen molar-refractivity contribution < 1.29 is 4.52 Å². The quantitative estimate of drug-likeness (QED) is 0.742. The van der Waals surface area contributed by atoms with Crippen molar-refractivity contribution >= 4 is 22.6 Å². The minimum Gasteiger partial charge on any atom is -0.328 e. The van der Waals surface area contributed by atoms with E-state index in [4.69, 9.17) is 4.52 Å². The van der Waals surface area contributed by atoms with Gasteiger partial charge in [-0.1, -0.05) is 5.16 Å². The van der Waals surface area contributed by atoms with Gasteiger partial charge in [0.05, 0.1) is 0 Å². The van der Waals surface area contributed by atoms with E-state index in [9.17, 15) is 0 Å². The van der Waals surface area contributed by atoms with Gasteiger partial charge in [0, 0.05) is 40.5 Å². The molecule has 0 N–H and O–H groups in total. The predicted octanol–water partition coefficient (Wildman–Crippen LogP) is 1.74. The molecule has 2 aromatic heterocycles. The summed E-state index contributed by atoms with van der Waals surface area (Å²) >= 11 is 1.97. The molecule has 0 amide bonds. The molecule has 0 aliphatic carbocycles. The Hall–Kier alpha value is -0.980. The molecule has 2 heterocycles. The van der Waals surface area contributed by atoms with Gasteiger partial charge in [-0.3, -0.25) is 4.98 Å². The highest BCUT2D eigenvalue weighted by molar-refractivity contribution is 14.1. The molecular weight excluding hydrogens is 269 g/mol. The fourth-order valence-corrected chi connectivity index (χ4v) is 1.15. The Labute approximate surface area is 82.2 Å². The highest BCUT2D eigenvalue weighted by atomic mass is 127. The Bertz CT molecular complexity index is 373. The maximum absolute atomic E-state index is 4.82. The van der Waals surface area contributed by atoms with E-state index in [1.807, 2.05) is 34.7 Å². The molecule has 60 valence electrons. The van der Waals surface area contributed by atoms with Gasteiger partial charge in [-0.25, -0.2) is 0 Å². The Morgan fingerprint density at radius 1 is 1.25 bits per heavy atom. The van der Waals surface area contributed by atoms with Crippen LogP contribution in [-0.4, -0.2) is 15.1 Å². The maximum atomic E-state index is 4.82. The van der Waals surface area contributed by atoms with Crippen molar-refractivity contribution in [1.82, 2.24) is 15.1 Å². The van der Waals surface area contributed by atoms with Crippen molar-refractivity contribution in [3.05, 3.63) is 28.4 Å². The number of aromatic nitrogens is 3. The van der Waals surface area contributed by atoms with Gasteiger partial charge in [-0.2, -0.15) is 4.98 Å². The first-order chi connectivity index (χ1) is 5.86. The third-order valence-corrected chi connectivity index (χ3v) is 1.78. The average Bonchev–Trinajstić information content (AvgIpc) is 2.54. The molecule has 0 aliphatic rings. The summed E-state index contributed by atoms with van der Waals surface area (Å²) < 4.78 is 5.37. The van der Waals surface area contributed by atoms with Gasteiger partial charge < -0.3 is 4.52 Å². The van der Waals surface area contributed by atoms with Gasteiger partial charge in [0.25, 0.3) is 3.90 Å². The van der Waals surface area contributed by atoms with Gasteiger partial charge in [-0.15, -0.1) is 0 Å². The largest absolute Gasteiger partial charge is 0.328 e. The van der Waals surface area contributed by atoms with Gasteiger partial charge in [0.2, 0.25) is 5.82 Å². The number of hydrogen-bond acceptors (Lipinski definition) is 4. The lowest BCUT2D eigenvalue weighted by molar-refractivity contribution is 0.394. The molecule has 0 unspecified atom stereocenters. The number of halogens is 1. The molecule has 4 nitrogen and oxygen atoms in total.